The van der Waals surface area contributed by atoms with Crippen molar-refractivity contribution in [2.24, 2.45) is 17.8 Å². The first kappa shape index (κ1) is 12.3. The third-order valence-electron chi connectivity index (χ3n) is 4.83. The maximum atomic E-state index is 5.99. The van der Waals surface area contributed by atoms with E-state index in [2.05, 4.69) is 23.0 Å². The molecule has 0 aromatic carbocycles. The molecule has 18 heavy (non-hydrogen) atoms. The normalized spacial score (nSPS) is 29.8. The van der Waals surface area contributed by atoms with Crippen LogP contribution in [0.15, 0.2) is 18.5 Å². The van der Waals surface area contributed by atoms with Gasteiger partial charge < -0.3 is 4.90 Å². The summed E-state index contributed by atoms with van der Waals surface area (Å²) in [6, 6.07) is 2.09. The van der Waals surface area contributed by atoms with Crippen LogP contribution < -0.4 is 4.90 Å². The number of aromatic nitrogens is 1. The Kier molecular flexibility index (Phi) is 3.47. The van der Waals surface area contributed by atoms with Crippen LogP contribution in [0, 0.1) is 17.8 Å². The van der Waals surface area contributed by atoms with Crippen molar-refractivity contribution in [3.05, 3.63) is 24.0 Å². The van der Waals surface area contributed by atoms with Crippen LogP contribution in [0.4, 0.5) is 5.69 Å². The molecule has 2 saturated carbocycles. The van der Waals surface area contributed by atoms with Crippen molar-refractivity contribution < 1.29 is 0 Å². The lowest BCUT2D eigenvalue weighted by atomic mass is 9.88. The predicted molar refractivity (Wildman–Crippen MR) is 76.0 cm³/mol. The van der Waals surface area contributed by atoms with Gasteiger partial charge in [-0.2, -0.15) is 0 Å². The molecular weight excluding hydrogens is 244 g/mol. The molecule has 1 aromatic rings. The molecule has 0 amide bonds. The number of alkyl halides is 1. The average molecular weight is 265 g/mol. The smallest absolute Gasteiger partial charge is 0.0509 e. The maximum Gasteiger partial charge on any atom is 0.0509 e. The molecule has 3 rings (SSSR count). The summed E-state index contributed by atoms with van der Waals surface area (Å²) in [6.45, 7) is 1.18. The van der Waals surface area contributed by atoms with Gasteiger partial charge in [0.2, 0.25) is 0 Å². The van der Waals surface area contributed by atoms with Crippen molar-refractivity contribution >= 4 is 17.3 Å². The number of rotatable bonds is 4. The van der Waals surface area contributed by atoms with Gasteiger partial charge in [0.15, 0.2) is 0 Å². The average Bonchev–Trinajstić information content (AvgIpc) is 3.01. The Balaban J connectivity index is 1.69. The summed E-state index contributed by atoms with van der Waals surface area (Å²) in [6.07, 6.45) is 9.62. The van der Waals surface area contributed by atoms with E-state index in [9.17, 15) is 0 Å². The fourth-order valence-corrected chi connectivity index (χ4v) is 4.15. The van der Waals surface area contributed by atoms with Crippen LogP contribution in [0.3, 0.4) is 0 Å². The number of anilines is 1. The molecule has 0 saturated heterocycles. The van der Waals surface area contributed by atoms with Crippen molar-refractivity contribution in [2.75, 3.05) is 18.5 Å². The number of hydrogen-bond donors (Lipinski definition) is 0. The molecule has 2 fully saturated rings. The zero-order chi connectivity index (χ0) is 12.5. The molecule has 2 bridgehead atoms. The minimum absolute atomic E-state index is 0.546. The molecule has 3 atom stereocenters. The third-order valence-corrected chi connectivity index (χ3v) is 5.11. The van der Waals surface area contributed by atoms with E-state index in [-0.39, 0.29) is 0 Å². The van der Waals surface area contributed by atoms with Crippen LogP contribution in [-0.2, 0) is 5.88 Å². The molecule has 0 spiro atoms. The van der Waals surface area contributed by atoms with Crippen molar-refractivity contribution in [1.29, 1.82) is 0 Å². The minimum Gasteiger partial charge on any atom is -0.374 e. The first-order valence-corrected chi connectivity index (χ1v) is 7.51. The van der Waals surface area contributed by atoms with Crippen molar-refractivity contribution in [3.63, 3.8) is 0 Å². The lowest BCUT2D eigenvalue weighted by Crippen LogP contribution is -2.29. The molecule has 2 aliphatic carbocycles. The Morgan fingerprint density at radius 1 is 1.39 bits per heavy atom. The van der Waals surface area contributed by atoms with Crippen LogP contribution >= 0.6 is 11.6 Å². The van der Waals surface area contributed by atoms with Gasteiger partial charge in [-0.05, 0) is 43.1 Å². The van der Waals surface area contributed by atoms with E-state index in [0.29, 0.717) is 5.88 Å². The number of fused-ring (bicyclic) bond motifs is 2. The van der Waals surface area contributed by atoms with E-state index in [0.717, 1.165) is 23.3 Å². The summed E-state index contributed by atoms with van der Waals surface area (Å²) in [7, 11) is 2.19. The Morgan fingerprint density at radius 3 is 2.94 bits per heavy atom. The molecule has 2 aliphatic rings. The number of hydrogen-bond acceptors (Lipinski definition) is 2. The van der Waals surface area contributed by atoms with Crippen molar-refractivity contribution in [3.8, 4) is 0 Å². The Morgan fingerprint density at radius 2 is 2.28 bits per heavy atom. The van der Waals surface area contributed by atoms with E-state index in [1.807, 2.05) is 12.4 Å². The van der Waals surface area contributed by atoms with E-state index < -0.39 is 0 Å². The maximum absolute atomic E-state index is 5.99. The topological polar surface area (TPSA) is 16.1 Å². The van der Waals surface area contributed by atoms with Gasteiger partial charge in [0.1, 0.15) is 0 Å². The summed E-state index contributed by atoms with van der Waals surface area (Å²) in [5, 5.41) is 0. The van der Waals surface area contributed by atoms with E-state index >= 15 is 0 Å². The van der Waals surface area contributed by atoms with Crippen LogP contribution in [0.1, 0.15) is 31.2 Å². The van der Waals surface area contributed by atoms with Gasteiger partial charge in [-0.1, -0.05) is 6.42 Å². The second-order valence-corrected chi connectivity index (χ2v) is 6.22. The molecule has 98 valence electrons. The highest BCUT2D eigenvalue weighted by Crippen LogP contribution is 2.48. The van der Waals surface area contributed by atoms with Crippen LogP contribution in [0.2, 0.25) is 0 Å². The largest absolute Gasteiger partial charge is 0.374 e. The first-order valence-electron chi connectivity index (χ1n) is 6.98. The lowest BCUT2D eigenvalue weighted by molar-refractivity contribution is 0.337. The highest BCUT2D eigenvalue weighted by atomic mass is 35.5. The molecule has 2 nitrogen and oxygen atoms in total. The SMILES string of the molecule is CN(CC1CC2CCC1C2)c1ccncc1CCl. The summed E-state index contributed by atoms with van der Waals surface area (Å²) < 4.78 is 0. The van der Waals surface area contributed by atoms with Crippen LogP contribution in [0.5, 0.6) is 0 Å². The van der Waals surface area contributed by atoms with Crippen LogP contribution in [-0.4, -0.2) is 18.6 Å². The Labute approximate surface area is 114 Å². The minimum atomic E-state index is 0.546. The Bertz CT molecular complexity index is 421. The molecule has 3 unspecified atom stereocenters. The van der Waals surface area contributed by atoms with Crippen molar-refractivity contribution in [1.82, 2.24) is 4.98 Å². The molecule has 0 aliphatic heterocycles. The van der Waals surface area contributed by atoms with Gasteiger partial charge in [-0.15, -0.1) is 11.6 Å². The number of nitrogens with zero attached hydrogens (tertiary/aromatic N) is 2. The summed E-state index contributed by atoms with van der Waals surface area (Å²) in [4.78, 5) is 6.54. The zero-order valence-electron chi connectivity index (χ0n) is 11.0. The summed E-state index contributed by atoms with van der Waals surface area (Å²) in [5.41, 5.74) is 2.40. The quantitative estimate of drug-likeness (QED) is 0.771. The third kappa shape index (κ3) is 2.23. The summed E-state index contributed by atoms with van der Waals surface area (Å²) >= 11 is 5.99. The molecular formula is C15H21ClN2. The van der Waals surface area contributed by atoms with Gasteiger partial charge in [-0.25, -0.2) is 0 Å². The molecule has 0 radical (unpaired) electrons. The lowest BCUT2D eigenvalue weighted by Gasteiger charge is -2.29. The van der Waals surface area contributed by atoms with E-state index in [1.165, 1.54) is 37.9 Å². The number of halogens is 1. The Hall–Kier alpha value is -0.760. The summed E-state index contributed by atoms with van der Waals surface area (Å²) in [5.74, 6) is 3.45. The van der Waals surface area contributed by atoms with Crippen LogP contribution in [0.25, 0.3) is 0 Å². The standard InChI is InChI=1S/C15H21ClN2/c1-18(15-4-5-17-9-14(15)8-16)10-13-7-11-2-3-12(13)6-11/h4-5,9,11-13H,2-3,6-8,10H2,1H3. The van der Waals surface area contributed by atoms with Gasteiger partial charge in [0.05, 0.1) is 5.88 Å². The second kappa shape index (κ2) is 5.08. The highest BCUT2D eigenvalue weighted by Gasteiger charge is 2.39. The number of pyridine rings is 1. The van der Waals surface area contributed by atoms with Gasteiger partial charge in [0.25, 0.3) is 0 Å². The molecule has 1 aromatic heterocycles. The van der Waals surface area contributed by atoms with Gasteiger partial charge >= 0.3 is 0 Å². The first-order chi connectivity index (χ1) is 8.78. The molecule has 0 N–H and O–H groups in total. The second-order valence-electron chi connectivity index (χ2n) is 5.95. The zero-order valence-corrected chi connectivity index (χ0v) is 11.7. The van der Waals surface area contributed by atoms with Gasteiger partial charge in [-0.3, -0.25) is 4.98 Å². The molecule has 1 heterocycles. The van der Waals surface area contributed by atoms with Gasteiger partial charge in [0, 0.05) is 37.2 Å². The van der Waals surface area contributed by atoms with Crippen molar-refractivity contribution in [2.45, 2.75) is 31.6 Å². The fourth-order valence-electron chi connectivity index (χ4n) is 3.95. The predicted octanol–water partition coefficient (Wildman–Crippen LogP) is 3.69. The highest BCUT2D eigenvalue weighted by molar-refractivity contribution is 6.17. The van der Waals surface area contributed by atoms with E-state index in [1.54, 1.807) is 0 Å². The van der Waals surface area contributed by atoms with E-state index in [4.69, 9.17) is 11.6 Å². The molecule has 3 heteroatoms. The monoisotopic (exact) mass is 264 g/mol. The fraction of sp³-hybridized carbons (Fsp3) is 0.667.